The van der Waals surface area contributed by atoms with E-state index in [4.69, 9.17) is 0 Å². The Balaban J connectivity index is 2.73. The van der Waals surface area contributed by atoms with E-state index in [2.05, 4.69) is 12.2 Å². The molecule has 19 heavy (non-hydrogen) atoms. The Kier molecular flexibility index (Phi) is 5.94. The number of nitrogens with zero attached hydrogens (tertiary/aromatic N) is 2. The second kappa shape index (κ2) is 7.01. The molecule has 0 saturated carbocycles. The summed E-state index contributed by atoms with van der Waals surface area (Å²) < 4.78 is 0. The van der Waals surface area contributed by atoms with Gasteiger partial charge in [0.15, 0.2) is 0 Å². The minimum Gasteiger partial charge on any atom is -0.658 e. The molecule has 0 heterocycles. The minimum absolute atomic E-state index is 0.0466. The lowest BCUT2D eigenvalue weighted by atomic mass is 9.93. The van der Waals surface area contributed by atoms with Crippen LogP contribution in [-0.2, 0) is 0 Å². The molecule has 0 spiro atoms. The number of rotatable bonds is 7. The molecule has 0 unspecified atom stereocenters. The van der Waals surface area contributed by atoms with Crippen LogP contribution in [0.3, 0.4) is 0 Å². The predicted octanol–water partition coefficient (Wildman–Crippen LogP) is 2.83. The Morgan fingerprint density at radius 1 is 1.26 bits per heavy atom. The molecule has 0 bridgehead atoms. The van der Waals surface area contributed by atoms with Crippen molar-refractivity contribution in [1.29, 1.82) is 0 Å². The van der Waals surface area contributed by atoms with Crippen molar-refractivity contribution < 1.29 is 10.3 Å². The summed E-state index contributed by atoms with van der Waals surface area (Å²) in [6, 6.07) is 10.1. The molecule has 4 nitrogen and oxygen atoms in total. The van der Waals surface area contributed by atoms with E-state index < -0.39 is 5.54 Å². The first-order valence-corrected chi connectivity index (χ1v) is 6.63. The van der Waals surface area contributed by atoms with Gasteiger partial charge >= 0.3 is 0 Å². The van der Waals surface area contributed by atoms with Crippen molar-refractivity contribution in [2.24, 2.45) is 5.92 Å². The van der Waals surface area contributed by atoms with Crippen molar-refractivity contribution >= 4 is 0 Å². The zero-order valence-electron chi connectivity index (χ0n) is 12.2. The standard InChI is InChI=1S/C15H25N2O2/c1-12(10-17(19)15(2,3)11-18)14(16-4)13-8-6-5-7-9-13/h5-9,12,14,18-19H,10-11H2,1-4H3/q-1/t12-,14+/m0/s1. The van der Waals surface area contributed by atoms with Crippen molar-refractivity contribution in [3.63, 3.8) is 0 Å². The Hall–Kier alpha value is -0.940. The summed E-state index contributed by atoms with van der Waals surface area (Å²) >= 11 is 0. The van der Waals surface area contributed by atoms with E-state index in [9.17, 15) is 10.3 Å². The Morgan fingerprint density at radius 2 is 1.84 bits per heavy atom. The molecule has 2 atom stereocenters. The molecule has 0 saturated heterocycles. The van der Waals surface area contributed by atoms with Gasteiger partial charge in [-0.2, -0.15) is 12.1 Å². The quantitative estimate of drug-likeness (QED) is 0.745. The van der Waals surface area contributed by atoms with Gasteiger partial charge in [0.05, 0.1) is 12.1 Å². The molecule has 108 valence electrons. The van der Waals surface area contributed by atoms with Gasteiger partial charge < -0.3 is 15.6 Å². The van der Waals surface area contributed by atoms with Crippen LogP contribution in [0.15, 0.2) is 30.3 Å². The van der Waals surface area contributed by atoms with Crippen LogP contribution in [0.5, 0.6) is 0 Å². The Labute approximate surface area is 116 Å². The van der Waals surface area contributed by atoms with E-state index in [1.807, 2.05) is 30.3 Å². The summed E-state index contributed by atoms with van der Waals surface area (Å²) in [5.41, 5.74) is 0.510. The number of hydroxylamine groups is 2. The third-order valence-electron chi connectivity index (χ3n) is 3.50. The highest BCUT2D eigenvalue weighted by Gasteiger charge is 2.26. The summed E-state index contributed by atoms with van der Waals surface area (Å²) in [6.45, 7) is 6.04. The summed E-state index contributed by atoms with van der Waals surface area (Å²) in [6.07, 6.45) is 0. The van der Waals surface area contributed by atoms with Crippen molar-refractivity contribution in [3.05, 3.63) is 41.2 Å². The number of hydrogen-bond acceptors (Lipinski definition) is 3. The third-order valence-corrected chi connectivity index (χ3v) is 3.50. The van der Waals surface area contributed by atoms with Gasteiger partial charge in [-0.1, -0.05) is 42.8 Å². The van der Waals surface area contributed by atoms with Gasteiger partial charge in [0, 0.05) is 6.54 Å². The molecule has 0 radical (unpaired) electrons. The Bertz CT molecular complexity index is 368. The molecular weight excluding hydrogens is 240 g/mol. The fourth-order valence-corrected chi connectivity index (χ4v) is 2.08. The largest absolute Gasteiger partial charge is 0.658 e. The van der Waals surface area contributed by atoms with Crippen LogP contribution in [0.1, 0.15) is 32.4 Å². The second-order valence-corrected chi connectivity index (χ2v) is 5.64. The summed E-state index contributed by atoms with van der Waals surface area (Å²) in [7, 11) is 1.80. The van der Waals surface area contributed by atoms with Crippen LogP contribution in [0.4, 0.5) is 0 Å². The van der Waals surface area contributed by atoms with Crippen molar-refractivity contribution in [2.75, 3.05) is 20.2 Å². The lowest BCUT2D eigenvalue weighted by Crippen LogP contribution is -2.47. The number of aliphatic hydroxyl groups is 1. The first kappa shape index (κ1) is 16.1. The topological polar surface area (TPSA) is 57.8 Å². The highest BCUT2D eigenvalue weighted by molar-refractivity contribution is 5.23. The zero-order chi connectivity index (χ0) is 14.5. The van der Waals surface area contributed by atoms with E-state index in [1.165, 1.54) is 5.06 Å². The lowest BCUT2D eigenvalue weighted by Gasteiger charge is -2.40. The monoisotopic (exact) mass is 265 g/mol. The average molecular weight is 265 g/mol. The smallest absolute Gasteiger partial charge is 0.0634 e. The fraction of sp³-hybridized carbons (Fsp3) is 0.600. The van der Waals surface area contributed by atoms with Crippen molar-refractivity contribution in [2.45, 2.75) is 32.4 Å². The second-order valence-electron chi connectivity index (χ2n) is 5.64. The number of aliphatic hydroxyl groups excluding tert-OH is 1. The number of hydrogen-bond donors (Lipinski definition) is 2. The van der Waals surface area contributed by atoms with E-state index in [0.717, 1.165) is 5.56 Å². The molecule has 2 N–H and O–H groups in total. The third kappa shape index (κ3) is 4.28. The maximum Gasteiger partial charge on any atom is 0.0634 e. The van der Waals surface area contributed by atoms with Crippen LogP contribution >= 0.6 is 0 Å². The van der Waals surface area contributed by atoms with E-state index >= 15 is 0 Å². The van der Waals surface area contributed by atoms with Gasteiger partial charge in [-0.05, 0) is 19.8 Å². The Morgan fingerprint density at radius 3 is 2.32 bits per heavy atom. The first-order valence-electron chi connectivity index (χ1n) is 6.63. The van der Waals surface area contributed by atoms with Gasteiger partial charge in [0.25, 0.3) is 0 Å². The molecule has 1 rings (SSSR count). The molecular formula is C15H25N2O2-. The van der Waals surface area contributed by atoms with E-state index in [-0.39, 0.29) is 18.6 Å². The van der Waals surface area contributed by atoms with Gasteiger partial charge in [0.2, 0.25) is 0 Å². The van der Waals surface area contributed by atoms with Crippen LogP contribution in [0.25, 0.3) is 5.32 Å². The van der Waals surface area contributed by atoms with E-state index in [0.29, 0.717) is 6.54 Å². The summed E-state index contributed by atoms with van der Waals surface area (Å²) in [5, 5.41) is 25.0. The molecule has 0 fully saturated rings. The maximum atomic E-state index is 10.1. The normalized spacial score (nSPS) is 15.5. The highest BCUT2D eigenvalue weighted by atomic mass is 16.5. The molecule has 0 aliphatic heterocycles. The first-order chi connectivity index (χ1) is 8.92. The average Bonchev–Trinajstić information content (AvgIpc) is 2.40. The molecule has 1 aromatic carbocycles. The van der Waals surface area contributed by atoms with Gasteiger partial charge in [0.1, 0.15) is 0 Å². The molecule has 0 amide bonds. The van der Waals surface area contributed by atoms with Gasteiger partial charge in [-0.3, -0.25) is 0 Å². The molecule has 0 aromatic heterocycles. The summed E-state index contributed by atoms with van der Waals surface area (Å²) in [4.78, 5) is 0. The van der Waals surface area contributed by atoms with Crippen molar-refractivity contribution in [3.8, 4) is 0 Å². The van der Waals surface area contributed by atoms with Crippen LogP contribution < -0.4 is 0 Å². The molecule has 0 aliphatic rings. The molecule has 4 heteroatoms. The van der Waals surface area contributed by atoms with E-state index in [1.54, 1.807) is 20.9 Å². The highest BCUT2D eigenvalue weighted by Crippen LogP contribution is 2.30. The maximum absolute atomic E-state index is 10.1. The predicted molar refractivity (Wildman–Crippen MR) is 77.3 cm³/mol. The van der Waals surface area contributed by atoms with Crippen LogP contribution in [-0.4, -0.2) is 41.1 Å². The molecule has 0 aliphatic carbocycles. The summed E-state index contributed by atoms with van der Waals surface area (Å²) in [5.74, 6) is 0.156. The van der Waals surface area contributed by atoms with Crippen LogP contribution in [0, 0.1) is 5.92 Å². The van der Waals surface area contributed by atoms with Gasteiger partial charge in [-0.25, -0.2) is 0 Å². The lowest BCUT2D eigenvalue weighted by molar-refractivity contribution is -0.181. The van der Waals surface area contributed by atoms with Crippen molar-refractivity contribution in [1.82, 2.24) is 5.06 Å². The van der Waals surface area contributed by atoms with Gasteiger partial charge in [-0.15, -0.1) is 6.04 Å². The minimum atomic E-state index is -0.636. The SMILES string of the molecule is C[N-][C@@H](c1ccccc1)[C@@H](C)CN(O)C(C)(C)CO. The van der Waals surface area contributed by atoms with Crippen LogP contribution in [0.2, 0.25) is 0 Å². The zero-order valence-corrected chi connectivity index (χ0v) is 12.2. The fourth-order valence-electron chi connectivity index (χ4n) is 2.08. The molecule has 1 aromatic rings. The number of benzene rings is 1.